The van der Waals surface area contributed by atoms with Gasteiger partial charge in [-0.25, -0.2) is 10.2 Å². The van der Waals surface area contributed by atoms with Crippen LogP contribution in [0.4, 0.5) is 0 Å². The maximum absolute atomic E-state index is 12.7. The fourth-order valence-corrected chi connectivity index (χ4v) is 5.38. The molecule has 0 saturated carbocycles. The van der Waals surface area contributed by atoms with E-state index in [4.69, 9.17) is 49.6 Å². The molecule has 0 aromatic heterocycles. The van der Waals surface area contributed by atoms with Crippen LogP contribution in [0.3, 0.4) is 0 Å². The van der Waals surface area contributed by atoms with Gasteiger partial charge >= 0.3 is 5.97 Å². The maximum atomic E-state index is 12.7. The lowest BCUT2D eigenvalue weighted by Gasteiger charge is -2.30. The number of ether oxygens (including phenoxy) is 3. The van der Waals surface area contributed by atoms with Gasteiger partial charge in [0.15, 0.2) is 17.5 Å². The number of hydrogen-bond donors (Lipinski definition) is 3. The predicted octanol–water partition coefficient (Wildman–Crippen LogP) is 6.06. The van der Waals surface area contributed by atoms with Gasteiger partial charge in [0, 0.05) is 14.8 Å². The molecule has 0 fully saturated rings. The third-order valence-corrected chi connectivity index (χ3v) is 7.57. The summed E-state index contributed by atoms with van der Waals surface area (Å²) in [6, 6.07) is 17.6. The van der Waals surface area contributed by atoms with Crippen LogP contribution in [0.1, 0.15) is 36.6 Å². The molecule has 1 atom stereocenters. The molecule has 43 heavy (non-hydrogen) atoms. The second-order valence-electron chi connectivity index (χ2n) is 9.14. The van der Waals surface area contributed by atoms with Gasteiger partial charge in [-0.2, -0.15) is 5.10 Å². The zero-order valence-corrected chi connectivity index (χ0v) is 27.6. The van der Waals surface area contributed by atoms with E-state index < -0.39 is 17.9 Å². The number of esters is 1. The van der Waals surface area contributed by atoms with Gasteiger partial charge in [0.25, 0.3) is 5.91 Å². The van der Waals surface area contributed by atoms with E-state index in [1.54, 1.807) is 50.2 Å². The van der Waals surface area contributed by atoms with Gasteiger partial charge in [0.1, 0.15) is 12.4 Å². The number of allylic oxidation sites excluding steroid dienone is 1. The van der Waals surface area contributed by atoms with Crippen molar-refractivity contribution in [3.8, 4) is 11.5 Å². The number of rotatable bonds is 11. The summed E-state index contributed by atoms with van der Waals surface area (Å²) in [5.41, 5.74) is 5.50. The molecule has 224 valence electrons. The molecule has 0 spiro atoms. The minimum Gasteiger partial charge on any atom is -0.486 e. The number of nitrogens with zero attached hydrogens (tertiary/aromatic N) is 1. The summed E-state index contributed by atoms with van der Waals surface area (Å²) in [4.78, 5) is 25.3. The van der Waals surface area contributed by atoms with Crippen LogP contribution in [0.15, 0.2) is 77.0 Å². The molecule has 9 nitrogen and oxygen atoms in total. The van der Waals surface area contributed by atoms with Crippen LogP contribution in [-0.4, -0.2) is 36.4 Å². The highest BCUT2D eigenvalue weighted by Crippen LogP contribution is 2.35. The average molecular weight is 753 g/mol. The van der Waals surface area contributed by atoms with Crippen LogP contribution in [0.25, 0.3) is 0 Å². The molecule has 0 unspecified atom stereocenters. The van der Waals surface area contributed by atoms with Crippen LogP contribution < -0.4 is 25.5 Å². The fraction of sp³-hybridized carbons (Fsp3) is 0.200. The molecule has 4 rings (SSSR count). The maximum Gasteiger partial charge on any atom is 0.338 e. The highest BCUT2D eigenvalue weighted by Gasteiger charge is 2.32. The van der Waals surface area contributed by atoms with Gasteiger partial charge in [0.2, 0.25) is 0 Å². The number of para-hydroxylation sites is 1. The van der Waals surface area contributed by atoms with Gasteiger partial charge in [-0.15, -0.1) is 0 Å². The summed E-state index contributed by atoms with van der Waals surface area (Å²) >= 11 is 20.3. The molecule has 3 aromatic carbocycles. The van der Waals surface area contributed by atoms with Gasteiger partial charge in [0.05, 0.1) is 34.5 Å². The first-order valence-electron chi connectivity index (χ1n) is 13.0. The van der Waals surface area contributed by atoms with Gasteiger partial charge in [-0.05, 0) is 90.1 Å². The van der Waals surface area contributed by atoms with Crippen molar-refractivity contribution in [3.05, 3.63) is 102 Å². The average Bonchev–Trinajstić information content (AvgIpc) is 2.96. The number of carbonyl (C=O) groups is 2. The van der Waals surface area contributed by atoms with Crippen molar-refractivity contribution in [1.29, 1.82) is 0 Å². The molecule has 13 heteroatoms. The highest BCUT2D eigenvalue weighted by atomic mass is 127. The molecule has 3 N–H and O–H groups in total. The molecule has 0 bridgehead atoms. The summed E-state index contributed by atoms with van der Waals surface area (Å²) in [6.07, 6.45) is 1.41. The van der Waals surface area contributed by atoms with E-state index in [0.29, 0.717) is 55.7 Å². The van der Waals surface area contributed by atoms with E-state index in [-0.39, 0.29) is 13.2 Å². The number of hydrazone groups is 1. The Balaban J connectivity index is 1.37. The number of nitrogens with one attached hydrogen (secondary N) is 3. The molecular weight excluding hydrogens is 726 g/mol. The Morgan fingerprint density at radius 3 is 2.49 bits per heavy atom. The minimum atomic E-state index is -0.636. The largest absolute Gasteiger partial charge is 0.486 e. The molecule has 0 radical (unpaired) electrons. The minimum absolute atomic E-state index is 0.218. The molecule has 1 amide bonds. The number of hydrogen-bond acceptors (Lipinski definition) is 7. The lowest BCUT2D eigenvalue weighted by atomic mass is 9.95. The first-order chi connectivity index (χ1) is 20.7. The molecule has 0 aliphatic carbocycles. The highest BCUT2D eigenvalue weighted by molar-refractivity contribution is 14.1. The van der Waals surface area contributed by atoms with Crippen molar-refractivity contribution in [2.45, 2.75) is 26.5 Å². The van der Waals surface area contributed by atoms with Crippen LogP contribution in [0.5, 0.6) is 11.5 Å². The number of amides is 1. The molecule has 1 aliphatic rings. The van der Waals surface area contributed by atoms with Crippen molar-refractivity contribution in [2.24, 2.45) is 5.10 Å². The van der Waals surface area contributed by atoms with Gasteiger partial charge in [-0.1, -0.05) is 53.5 Å². The van der Waals surface area contributed by atoms with Crippen molar-refractivity contribution >= 4 is 81.2 Å². The first kappa shape index (κ1) is 32.5. The number of halogens is 3. The predicted molar refractivity (Wildman–Crippen MR) is 179 cm³/mol. The van der Waals surface area contributed by atoms with Crippen molar-refractivity contribution < 1.29 is 23.8 Å². The van der Waals surface area contributed by atoms with Crippen LogP contribution in [-0.2, 0) is 20.9 Å². The lowest BCUT2D eigenvalue weighted by molar-refractivity contribution is -0.139. The van der Waals surface area contributed by atoms with Gasteiger partial charge < -0.3 is 24.8 Å². The molecule has 1 aliphatic heterocycles. The number of thiocarbonyl (C=S) groups is 1. The second kappa shape index (κ2) is 15.4. The Hall–Kier alpha value is -3.39. The van der Waals surface area contributed by atoms with Crippen LogP contribution >= 0.6 is 58.0 Å². The van der Waals surface area contributed by atoms with E-state index in [0.717, 1.165) is 9.13 Å². The Labute approximate surface area is 278 Å². The standard InChI is InChI=1S/C30H27Cl2IN4O5S/c1-3-40-29(39)26-17(2)35-30(43)36-27(26)21-6-4-5-7-24(21)41-16-25(38)37-34-14-19-12-22(31)28(23(32)13-19)42-15-18-8-10-20(33)11-9-18/h4-14,27H,3,15-16H2,1-2H3,(H,37,38)(H2,35,36,43)/t27-/m1/s1. The Bertz CT molecular complexity index is 1560. The normalized spacial score (nSPS) is 14.6. The third-order valence-electron chi connectivity index (χ3n) is 6.07. The SMILES string of the molecule is CCOC(=O)C1=C(C)NC(=S)N[C@@H]1c1ccccc1OCC(=O)NN=Cc1cc(Cl)c(OCc2ccc(I)cc2)c(Cl)c1. The summed E-state index contributed by atoms with van der Waals surface area (Å²) < 4.78 is 18.0. The fourth-order valence-electron chi connectivity index (χ4n) is 4.14. The summed E-state index contributed by atoms with van der Waals surface area (Å²) in [5, 5.41) is 11.0. The summed E-state index contributed by atoms with van der Waals surface area (Å²) in [5.74, 6) is -0.250. The number of benzene rings is 3. The molecule has 0 saturated heterocycles. The van der Waals surface area contributed by atoms with Gasteiger partial charge in [-0.3, -0.25) is 4.79 Å². The van der Waals surface area contributed by atoms with Crippen molar-refractivity contribution in [2.75, 3.05) is 13.2 Å². The summed E-state index contributed by atoms with van der Waals surface area (Å²) in [7, 11) is 0. The topological polar surface area (TPSA) is 110 Å². The van der Waals surface area contributed by atoms with Crippen molar-refractivity contribution in [3.63, 3.8) is 0 Å². The van der Waals surface area contributed by atoms with Crippen molar-refractivity contribution in [1.82, 2.24) is 16.1 Å². The second-order valence-corrected chi connectivity index (χ2v) is 11.6. The third kappa shape index (κ3) is 8.82. The quantitative estimate of drug-likeness (QED) is 0.0714. The van der Waals surface area contributed by atoms with E-state index >= 15 is 0 Å². The molecule has 3 aromatic rings. The Morgan fingerprint density at radius 2 is 1.79 bits per heavy atom. The van der Waals surface area contributed by atoms with Crippen LogP contribution in [0.2, 0.25) is 10.0 Å². The molecule has 1 heterocycles. The first-order valence-corrected chi connectivity index (χ1v) is 15.3. The Kier molecular flexibility index (Phi) is 11.6. The monoisotopic (exact) mass is 752 g/mol. The molecular formula is C30H27Cl2IN4O5S. The lowest BCUT2D eigenvalue weighted by Crippen LogP contribution is -2.45. The van der Waals surface area contributed by atoms with E-state index in [1.165, 1.54) is 6.21 Å². The summed E-state index contributed by atoms with van der Waals surface area (Å²) in [6.45, 7) is 3.66. The zero-order valence-electron chi connectivity index (χ0n) is 23.1. The van der Waals surface area contributed by atoms with Crippen LogP contribution in [0, 0.1) is 3.57 Å². The van der Waals surface area contributed by atoms with E-state index in [9.17, 15) is 9.59 Å². The zero-order chi connectivity index (χ0) is 30.9. The van der Waals surface area contributed by atoms with E-state index in [1.807, 2.05) is 24.3 Å². The Morgan fingerprint density at radius 1 is 1.09 bits per heavy atom. The smallest absolute Gasteiger partial charge is 0.338 e. The number of carbonyl (C=O) groups excluding carboxylic acids is 2. The van der Waals surface area contributed by atoms with E-state index in [2.05, 4.69) is 43.8 Å².